The average Bonchev–Trinajstić information content (AvgIpc) is 3.16. The number of hydrogen-bond acceptors (Lipinski definition) is 4. The smallest absolute Gasteiger partial charge is 0.481 e. The van der Waals surface area contributed by atoms with E-state index in [9.17, 15) is 24.7 Å². The Kier molecular flexibility index (Phi) is 4.68. The molecule has 2 bridgehead atoms. The Morgan fingerprint density at radius 3 is 2.48 bits per heavy atom. The van der Waals surface area contributed by atoms with Crippen LogP contribution in [0.3, 0.4) is 0 Å². The fraction of sp³-hybridized carbons (Fsp3) is 0.217. The van der Waals surface area contributed by atoms with Crippen LogP contribution in [0.1, 0.15) is 17.5 Å². The van der Waals surface area contributed by atoms with Gasteiger partial charge in [0.2, 0.25) is 5.91 Å². The standard InChI is InChI=1S/C23H21BN2O5/c27-22-15-10-17(19-13-26(24(30)31)20-9-5-4-8-16(19)20)21(18(11-15)23(28)29)25(22)12-14-6-2-1-3-7-14/h1-10,13,15,18,21,30-31H,11-12H2,(H,28,29)/t15-,18-,21+/m1/s1. The minimum absolute atomic E-state index is 0.0685. The number of nitrogens with zero attached hydrogens (tertiary/aromatic N) is 2. The summed E-state index contributed by atoms with van der Waals surface area (Å²) in [5.41, 5.74) is 3.02. The van der Waals surface area contributed by atoms with Crippen molar-refractivity contribution in [2.45, 2.75) is 19.0 Å². The van der Waals surface area contributed by atoms with Crippen LogP contribution in [0, 0.1) is 11.8 Å². The third kappa shape index (κ3) is 3.15. The van der Waals surface area contributed by atoms with Crippen LogP contribution in [-0.4, -0.2) is 49.7 Å². The predicted molar refractivity (Wildman–Crippen MR) is 116 cm³/mol. The van der Waals surface area contributed by atoms with Crippen molar-refractivity contribution in [2.24, 2.45) is 11.8 Å². The van der Waals surface area contributed by atoms with E-state index in [1.807, 2.05) is 48.5 Å². The lowest BCUT2D eigenvalue weighted by Crippen LogP contribution is -2.57. The molecule has 2 aromatic carbocycles. The van der Waals surface area contributed by atoms with Crippen LogP contribution in [0.5, 0.6) is 0 Å². The first-order valence-electron chi connectivity index (χ1n) is 10.2. The molecule has 1 saturated heterocycles. The van der Waals surface area contributed by atoms with Crippen molar-refractivity contribution in [1.29, 1.82) is 0 Å². The Balaban J connectivity index is 1.66. The maximum absolute atomic E-state index is 13.1. The van der Waals surface area contributed by atoms with Crippen molar-refractivity contribution in [1.82, 2.24) is 9.38 Å². The average molecular weight is 416 g/mol. The SMILES string of the molecule is O=C(O)[C@@H]1C[C@H]2C=C(c3cn(B(O)O)c4ccccc34)[C@@H]1N(Cc1ccccc1)C2=O. The van der Waals surface area contributed by atoms with Crippen LogP contribution in [-0.2, 0) is 16.1 Å². The van der Waals surface area contributed by atoms with E-state index in [0.29, 0.717) is 12.1 Å². The van der Waals surface area contributed by atoms with E-state index in [1.165, 1.54) is 4.48 Å². The molecule has 156 valence electrons. The lowest BCUT2D eigenvalue weighted by molar-refractivity contribution is -0.153. The molecule has 1 fully saturated rings. The minimum atomic E-state index is -1.72. The molecule has 1 aliphatic carbocycles. The van der Waals surface area contributed by atoms with Crippen molar-refractivity contribution < 1.29 is 24.7 Å². The van der Waals surface area contributed by atoms with E-state index in [0.717, 1.165) is 22.1 Å². The summed E-state index contributed by atoms with van der Waals surface area (Å²) in [6.07, 6.45) is 3.77. The van der Waals surface area contributed by atoms with E-state index in [-0.39, 0.29) is 12.3 Å². The molecule has 3 N–H and O–H groups in total. The fourth-order valence-corrected chi connectivity index (χ4v) is 4.98. The summed E-state index contributed by atoms with van der Waals surface area (Å²) >= 11 is 0. The van der Waals surface area contributed by atoms with Gasteiger partial charge < -0.3 is 24.5 Å². The Morgan fingerprint density at radius 1 is 1.06 bits per heavy atom. The Bertz CT molecular complexity index is 1200. The molecule has 3 atom stereocenters. The monoisotopic (exact) mass is 416 g/mol. The number of carbonyl (C=O) groups excluding carboxylic acids is 1. The molecule has 0 unspecified atom stereocenters. The number of aromatic nitrogens is 1. The Hall–Kier alpha value is -3.36. The maximum Gasteiger partial charge on any atom is 0.592 e. The summed E-state index contributed by atoms with van der Waals surface area (Å²) in [5, 5.41) is 30.4. The van der Waals surface area contributed by atoms with Crippen molar-refractivity contribution in [3.8, 4) is 0 Å². The summed E-state index contributed by atoms with van der Waals surface area (Å²) in [5.74, 6) is -2.25. The van der Waals surface area contributed by atoms with Gasteiger partial charge in [0, 0.05) is 29.2 Å². The van der Waals surface area contributed by atoms with Gasteiger partial charge in [-0.05, 0) is 23.6 Å². The maximum atomic E-state index is 13.1. The highest BCUT2D eigenvalue weighted by atomic mass is 16.4. The highest BCUT2D eigenvalue weighted by Crippen LogP contribution is 2.46. The molecule has 0 saturated carbocycles. The fourth-order valence-electron chi connectivity index (χ4n) is 4.98. The number of benzene rings is 2. The molecule has 7 nitrogen and oxygen atoms in total. The Labute approximate surface area is 179 Å². The molecule has 3 heterocycles. The van der Waals surface area contributed by atoms with E-state index in [4.69, 9.17) is 0 Å². The molecule has 3 aliphatic rings. The molecule has 1 amide bonds. The molecule has 31 heavy (non-hydrogen) atoms. The van der Waals surface area contributed by atoms with Gasteiger partial charge in [-0.2, -0.15) is 0 Å². The number of para-hydroxylation sites is 1. The molecule has 1 aromatic heterocycles. The van der Waals surface area contributed by atoms with Crippen LogP contribution in [0.25, 0.3) is 16.5 Å². The Morgan fingerprint density at radius 2 is 1.77 bits per heavy atom. The summed E-state index contributed by atoms with van der Waals surface area (Å²) in [7, 11) is -1.72. The van der Waals surface area contributed by atoms with Gasteiger partial charge in [0.15, 0.2) is 0 Å². The number of fused-ring (bicyclic) bond motifs is 3. The van der Waals surface area contributed by atoms with Crippen LogP contribution in [0.4, 0.5) is 0 Å². The zero-order valence-electron chi connectivity index (χ0n) is 16.6. The van der Waals surface area contributed by atoms with Crippen molar-refractivity contribution in [2.75, 3.05) is 0 Å². The van der Waals surface area contributed by atoms with Crippen LogP contribution < -0.4 is 0 Å². The molecular formula is C23H21BN2O5. The number of aliphatic carboxylic acids is 1. The van der Waals surface area contributed by atoms with E-state index < -0.39 is 31.1 Å². The van der Waals surface area contributed by atoms with Gasteiger partial charge in [-0.1, -0.05) is 54.6 Å². The van der Waals surface area contributed by atoms with E-state index in [1.54, 1.807) is 23.2 Å². The number of piperidine rings is 1. The number of carboxylic acid groups (broad SMARTS) is 1. The number of rotatable bonds is 5. The topological polar surface area (TPSA) is 103 Å². The first-order chi connectivity index (χ1) is 15.0. The molecule has 2 aliphatic heterocycles. The summed E-state index contributed by atoms with van der Waals surface area (Å²) in [6, 6.07) is 16.2. The third-order valence-corrected chi connectivity index (χ3v) is 6.34. The van der Waals surface area contributed by atoms with Gasteiger partial charge in [0.05, 0.1) is 17.9 Å². The van der Waals surface area contributed by atoms with Crippen LogP contribution in [0.15, 0.2) is 66.9 Å². The van der Waals surface area contributed by atoms with Gasteiger partial charge in [-0.15, -0.1) is 0 Å². The quantitative estimate of drug-likeness (QED) is 0.552. The lowest BCUT2D eigenvalue weighted by atomic mass is 9.71. The van der Waals surface area contributed by atoms with Gasteiger partial charge in [-0.25, -0.2) is 0 Å². The van der Waals surface area contributed by atoms with E-state index >= 15 is 0 Å². The molecule has 0 spiro atoms. The van der Waals surface area contributed by atoms with Crippen molar-refractivity contribution >= 4 is 35.6 Å². The molecule has 6 rings (SSSR count). The summed E-state index contributed by atoms with van der Waals surface area (Å²) < 4.78 is 1.34. The van der Waals surface area contributed by atoms with Crippen LogP contribution >= 0.6 is 0 Å². The van der Waals surface area contributed by atoms with Gasteiger partial charge >= 0.3 is 13.2 Å². The number of carboxylic acids is 1. The zero-order valence-corrected chi connectivity index (χ0v) is 16.6. The normalized spacial score (nSPS) is 22.6. The molecular weight excluding hydrogens is 395 g/mol. The number of carbonyl (C=O) groups is 2. The van der Waals surface area contributed by atoms with Gasteiger partial charge in [0.1, 0.15) is 0 Å². The first-order valence-corrected chi connectivity index (χ1v) is 10.2. The molecule has 3 aromatic rings. The number of hydrogen-bond donors (Lipinski definition) is 3. The van der Waals surface area contributed by atoms with E-state index in [2.05, 4.69) is 0 Å². The third-order valence-electron chi connectivity index (χ3n) is 6.34. The van der Waals surface area contributed by atoms with Gasteiger partial charge in [0.25, 0.3) is 0 Å². The highest BCUT2D eigenvalue weighted by molar-refractivity contribution is 6.41. The lowest BCUT2D eigenvalue weighted by Gasteiger charge is -2.47. The second-order valence-corrected chi connectivity index (χ2v) is 8.12. The van der Waals surface area contributed by atoms with Gasteiger partial charge in [-0.3, -0.25) is 9.59 Å². The minimum Gasteiger partial charge on any atom is -0.481 e. The molecule has 8 heteroatoms. The largest absolute Gasteiger partial charge is 0.592 e. The van der Waals surface area contributed by atoms with Crippen LogP contribution in [0.2, 0.25) is 0 Å². The second-order valence-electron chi connectivity index (χ2n) is 8.12. The predicted octanol–water partition coefficient (Wildman–Crippen LogP) is 1.97. The van der Waals surface area contributed by atoms with Crippen molar-refractivity contribution in [3.63, 3.8) is 0 Å². The summed E-state index contributed by atoms with van der Waals surface area (Å²) in [4.78, 5) is 26.9. The molecule has 0 radical (unpaired) electrons. The number of amides is 1. The van der Waals surface area contributed by atoms with Crippen molar-refractivity contribution in [3.05, 3.63) is 78.0 Å². The highest BCUT2D eigenvalue weighted by Gasteiger charge is 2.50. The summed E-state index contributed by atoms with van der Waals surface area (Å²) in [6.45, 7) is 0.323. The zero-order chi connectivity index (χ0) is 21.7. The first kappa shape index (κ1) is 19.6. The second kappa shape index (κ2) is 7.41.